The van der Waals surface area contributed by atoms with E-state index in [1.807, 2.05) is 4.90 Å². The van der Waals surface area contributed by atoms with Crippen molar-refractivity contribution in [1.82, 2.24) is 4.72 Å². The number of piperidine rings is 1. The van der Waals surface area contributed by atoms with Gasteiger partial charge in [0.05, 0.1) is 34.2 Å². The van der Waals surface area contributed by atoms with Crippen LogP contribution in [-0.2, 0) is 20.0 Å². The standard InChI is InChI=1S/C27H38N4O6S2/c1-19(2)20-11-13-31(14-12-20)25-18-22(29-38(34,35)16-15-32)9-10-24(25)26(33)28-21-7-6-8-23(17-21)39(36,37)30-27(3,4)5/h6-10,17-18,29-30,32H,11-16H2,1-5H3,(H,28,33). The molecule has 2 aromatic carbocycles. The normalized spacial score (nSPS) is 14.7. The molecule has 0 spiro atoms. The van der Waals surface area contributed by atoms with Gasteiger partial charge < -0.3 is 15.3 Å². The van der Waals surface area contributed by atoms with Gasteiger partial charge in [-0.05, 0) is 83.9 Å². The van der Waals surface area contributed by atoms with Gasteiger partial charge in [-0.15, -0.1) is 0 Å². The summed E-state index contributed by atoms with van der Waals surface area (Å²) in [5.41, 5.74) is 3.43. The van der Waals surface area contributed by atoms with Crippen molar-refractivity contribution in [2.24, 2.45) is 0 Å². The molecule has 1 amide bonds. The number of aliphatic hydroxyl groups is 1. The lowest BCUT2D eigenvalue weighted by molar-refractivity contribution is 0.102. The van der Waals surface area contributed by atoms with Crippen LogP contribution in [0.1, 0.15) is 57.8 Å². The number of amides is 1. The van der Waals surface area contributed by atoms with Crippen molar-refractivity contribution < 1.29 is 26.7 Å². The Hall–Kier alpha value is -2.93. The highest BCUT2D eigenvalue weighted by Gasteiger charge is 2.24. The summed E-state index contributed by atoms with van der Waals surface area (Å²) in [4.78, 5) is 15.5. The molecule has 3 rings (SSSR count). The maximum absolute atomic E-state index is 13.5. The molecule has 1 saturated heterocycles. The minimum Gasteiger partial charge on any atom is -0.395 e. The van der Waals surface area contributed by atoms with Crippen LogP contribution in [0.25, 0.3) is 0 Å². The fraction of sp³-hybridized carbons (Fsp3) is 0.444. The van der Waals surface area contributed by atoms with Crippen molar-refractivity contribution in [3.05, 3.63) is 59.2 Å². The van der Waals surface area contributed by atoms with Gasteiger partial charge in [-0.2, -0.15) is 0 Å². The van der Waals surface area contributed by atoms with E-state index in [4.69, 9.17) is 5.11 Å². The molecular weight excluding hydrogens is 540 g/mol. The van der Waals surface area contributed by atoms with Crippen LogP contribution in [0, 0.1) is 0 Å². The quantitative estimate of drug-likeness (QED) is 0.332. The summed E-state index contributed by atoms with van der Waals surface area (Å²) in [7, 11) is -7.56. The Bertz CT molecular complexity index is 1450. The molecule has 0 atom stereocenters. The number of hydrogen-bond donors (Lipinski definition) is 4. The topological polar surface area (TPSA) is 145 Å². The van der Waals surface area contributed by atoms with Crippen LogP contribution >= 0.6 is 0 Å². The second-order valence-corrected chi connectivity index (χ2v) is 14.3. The first-order valence-corrected chi connectivity index (χ1v) is 15.8. The number of nitrogens with one attached hydrogen (secondary N) is 3. The minimum atomic E-state index is -3.80. The van der Waals surface area contributed by atoms with Gasteiger partial charge in [-0.3, -0.25) is 9.52 Å². The van der Waals surface area contributed by atoms with Crippen LogP contribution in [-0.4, -0.2) is 58.8 Å². The van der Waals surface area contributed by atoms with Gasteiger partial charge in [-0.25, -0.2) is 21.6 Å². The van der Waals surface area contributed by atoms with E-state index >= 15 is 0 Å². The number of nitrogens with zero attached hydrogens (tertiary/aromatic N) is 1. The highest BCUT2D eigenvalue weighted by atomic mass is 32.2. The van der Waals surface area contributed by atoms with E-state index in [-0.39, 0.29) is 10.6 Å². The van der Waals surface area contributed by atoms with E-state index < -0.39 is 43.9 Å². The average Bonchev–Trinajstić information content (AvgIpc) is 2.82. The molecule has 2 aromatic rings. The number of benzene rings is 2. The number of carbonyl (C=O) groups is 1. The first-order valence-electron chi connectivity index (χ1n) is 12.7. The number of anilines is 3. The summed E-state index contributed by atoms with van der Waals surface area (Å²) in [6.45, 7) is 10.2. The van der Waals surface area contributed by atoms with Crippen LogP contribution in [0.4, 0.5) is 17.1 Å². The third kappa shape index (κ3) is 8.53. The summed E-state index contributed by atoms with van der Waals surface area (Å²) < 4.78 is 55.1. The SMILES string of the molecule is CC(C)=C1CCN(c2cc(NS(=O)(=O)CCO)ccc2C(=O)Nc2cccc(S(=O)(=O)NC(C)(C)C)c2)CC1. The number of hydrogen-bond acceptors (Lipinski definition) is 7. The third-order valence-corrected chi connectivity index (χ3v) is 9.16. The molecule has 1 aliphatic rings. The molecular formula is C27H38N4O6S2. The van der Waals surface area contributed by atoms with Gasteiger partial charge in [0.15, 0.2) is 0 Å². The summed E-state index contributed by atoms with van der Waals surface area (Å²) >= 11 is 0. The zero-order valence-electron chi connectivity index (χ0n) is 23.0. The van der Waals surface area contributed by atoms with E-state index in [1.165, 1.54) is 29.3 Å². The zero-order chi connectivity index (χ0) is 29.0. The molecule has 39 heavy (non-hydrogen) atoms. The third-order valence-electron chi connectivity index (χ3n) is 6.13. The molecule has 0 aliphatic carbocycles. The molecule has 1 fully saturated rings. The monoisotopic (exact) mass is 578 g/mol. The van der Waals surface area contributed by atoms with Crippen LogP contribution < -0.4 is 19.7 Å². The highest BCUT2D eigenvalue weighted by molar-refractivity contribution is 7.92. The Kier molecular flexibility index (Phi) is 9.47. The van der Waals surface area contributed by atoms with Crippen LogP contribution in [0.2, 0.25) is 0 Å². The average molecular weight is 579 g/mol. The summed E-state index contributed by atoms with van der Waals surface area (Å²) in [6.07, 6.45) is 1.65. The molecule has 0 radical (unpaired) electrons. The van der Waals surface area contributed by atoms with Gasteiger partial charge in [0.2, 0.25) is 20.0 Å². The van der Waals surface area contributed by atoms with Crippen molar-refractivity contribution in [3.63, 3.8) is 0 Å². The maximum atomic E-state index is 13.5. The largest absolute Gasteiger partial charge is 0.395 e. The molecule has 4 N–H and O–H groups in total. The fourth-order valence-corrected chi connectivity index (χ4v) is 6.61. The van der Waals surface area contributed by atoms with E-state index in [2.05, 4.69) is 28.6 Å². The Morgan fingerprint density at radius 2 is 1.64 bits per heavy atom. The van der Waals surface area contributed by atoms with Gasteiger partial charge in [0.25, 0.3) is 5.91 Å². The second-order valence-electron chi connectivity index (χ2n) is 10.8. The van der Waals surface area contributed by atoms with E-state index in [0.29, 0.717) is 30.0 Å². The van der Waals surface area contributed by atoms with Gasteiger partial charge in [0, 0.05) is 24.3 Å². The molecule has 1 aliphatic heterocycles. The summed E-state index contributed by atoms with van der Waals surface area (Å²) in [5, 5.41) is 11.9. The number of rotatable bonds is 9. The van der Waals surface area contributed by atoms with Crippen molar-refractivity contribution in [2.75, 3.05) is 40.4 Å². The number of aliphatic hydroxyl groups excluding tert-OH is 1. The Morgan fingerprint density at radius 3 is 2.23 bits per heavy atom. The van der Waals surface area contributed by atoms with E-state index in [9.17, 15) is 21.6 Å². The molecule has 10 nitrogen and oxygen atoms in total. The predicted octanol–water partition coefficient (Wildman–Crippen LogP) is 3.69. The van der Waals surface area contributed by atoms with Crippen molar-refractivity contribution in [1.29, 1.82) is 0 Å². The summed E-state index contributed by atoms with van der Waals surface area (Å²) in [6, 6.07) is 10.7. The Labute approximate surface area is 231 Å². The minimum absolute atomic E-state index is 0.0226. The lowest BCUT2D eigenvalue weighted by Gasteiger charge is -2.32. The van der Waals surface area contributed by atoms with Crippen LogP contribution in [0.15, 0.2) is 58.5 Å². The van der Waals surface area contributed by atoms with Crippen LogP contribution in [0.3, 0.4) is 0 Å². The zero-order valence-corrected chi connectivity index (χ0v) is 24.7. The molecule has 0 saturated carbocycles. The Morgan fingerprint density at radius 1 is 0.974 bits per heavy atom. The second kappa shape index (κ2) is 12.1. The van der Waals surface area contributed by atoms with E-state index in [1.54, 1.807) is 45.0 Å². The maximum Gasteiger partial charge on any atom is 0.257 e. The smallest absolute Gasteiger partial charge is 0.257 e. The number of allylic oxidation sites excluding steroid dienone is 1. The molecule has 12 heteroatoms. The fourth-order valence-electron chi connectivity index (χ4n) is 4.32. The van der Waals surface area contributed by atoms with Crippen LogP contribution in [0.5, 0.6) is 0 Å². The number of sulfonamides is 2. The molecule has 0 aromatic heterocycles. The molecule has 0 unspecified atom stereocenters. The molecule has 1 heterocycles. The predicted molar refractivity (Wildman–Crippen MR) is 155 cm³/mol. The first kappa shape index (κ1) is 30.6. The molecule has 214 valence electrons. The summed E-state index contributed by atoms with van der Waals surface area (Å²) in [5.74, 6) is -0.900. The van der Waals surface area contributed by atoms with Crippen molar-refractivity contribution in [2.45, 2.75) is 57.9 Å². The lowest BCUT2D eigenvalue weighted by atomic mass is 9.98. The molecule has 0 bridgehead atoms. The first-order chi connectivity index (χ1) is 18.1. The highest BCUT2D eigenvalue weighted by Crippen LogP contribution is 2.31. The van der Waals surface area contributed by atoms with Gasteiger partial charge in [-0.1, -0.05) is 17.2 Å². The van der Waals surface area contributed by atoms with Crippen molar-refractivity contribution >= 4 is 43.0 Å². The van der Waals surface area contributed by atoms with Gasteiger partial charge >= 0.3 is 0 Å². The lowest BCUT2D eigenvalue weighted by Crippen LogP contribution is -2.40. The number of carbonyl (C=O) groups excluding carboxylic acids is 1. The van der Waals surface area contributed by atoms with Crippen molar-refractivity contribution in [3.8, 4) is 0 Å². The van der Waals surface area contributed by atoms with E-state index in [0.717, 1.165) is 12.8 Å². The Balaban J connectivity index is 1.93. The van der Waals surface area contributed by atoms with Gasteiger partial charge in [0.1, 0.15) is 0 Å².